The van der Waals surface area contributed by atoms with Crippen molar-refractivity contribution in [1.29, 1.82) is 0 Å². The summed E-state index contributed by atoms with van der Waals surface area (Å²) in [5.41, 5.74) is 3.59. The molecule has 2 aliphatic carbocycles. The summed E-state index contributed by atoms with van der Waals surface area (Å²) >= 11 is 12.5. The highest BCUT2D eigenvalue weighted by molar-refractivity contribution is 7.89. The van der Waals surface area contributed by atoms with Gasteiger partial charge in [0.15, 0.2) is 0 Å². The van der Waals surface area contributed by atoms with E-state index in [-0.39, 0.29) is 30.9 Å². The lowest BCUT2D eigenvalue weighted by Gasteiger charge is -2.39. The number of benzene rings is 2. The number of ether oxygens (including phenoxy) is 1. The number of hydrogen-bond acceptors (Lipinski definition) is 4. The van der Waals surface area contributed by atoms with Crippen molar-refractivity contribution < 1.29 is 17.5 Å². The summed E-state index contributed by atoms with van der Waals surface area (Å²) in [7, 11) is -3.24. The first kappa shape index (κ1) is 26.2. The average Bonchev–Trinajstić information content (AvgIpc) is 3.54. The lowest BCUT2D eigenvalue weighted by atomic mass is 9.75. The third kappa shape index (κ3) is 6.54. The van der Waals surface area contributed by atoms with Crippen LogP contribution in [0.4, 0.5) is 4.39 Å². The van der Waals surface area contributed by atoms with E-state index in [0.717, 1.165) is 50.0 Å². The number of fused-ring (bicyclic) bond motifs is 1. The SMILES string of the molecule is O=S(=O)(CC1CC1)NCCOc1ccc2c(c1)C(Cc1ccc(Cl)c(Cl)c1)C(N1CCC(F)C1)CC2. The number of nitrogens with zero attached hydrogens (tertiary/aromatic N) is 1. The normalized spacial score (nSPS) is 24.6. The van der Waals surface area contributed by atoms with Crippen LogP contribution >= 0.6 is 23.2 Å². The molecule has 3 atom stereocenters. The Morgan fingerprint density at radius 2 is 1.89 bits per heavy atom. The van der Waals surface area contributed by atoms with Crippen LogP contribution in [0.15, 0.2) is 36.4 Å². The number of rotatable bonds is 10. The molecule has 0 aromatic heterocycles. The molecule has 1 saturated heterocycles. The third-order valence-electron chi connectivity index (χ3n) is 7.61. The van der Waals surface area contributed by atoms with Gasteiger partial charge in [-0.2, -0.15) is 0 Å². The van der Waals surface area contributed by atoms with E-state index in [2.05, 4.69) is 21.8 Å². The zero-order valence-electron chi connectivity index (χ0n) is 20.3. The van der Waals surface area contributed by atoms with Gasteiger partial charge in [-0.3, -0.25) is 4.90 Å². The molecule has 36 heavy (non-hydrogen) atoms. The lowest BCUT2D eigenvalue weighted by molar-refractivity contribution is 0.174. The van der Waals surface area contributed by atoms with Crippen LogP contribution < -0.4 is 9.46 Å². The fourth-order valence-corrected chi connectivity index (χ4v) is 7.40. The van der Waals surface area contributed by atoms with Gasteiger partial charge < -0.3 is 4.74 Å². The molecule has 3 aliphatic rings. The maximum Gasteiger partial charge on any atom is 0.211 e. The number of alkyl halides is 1. The topological polar surface area (TPSA) is 58.6 Å². The van der Waals surface area contributed by atoms with Crippen molar-refractivity contribution in [3.63, 3.8) is 0 Å². The Kier molecular flexibility index (Phi) is 8.13. The fraction of sp³-hybridized carbons (Fsp3) is 0.556. The van der Waals surface area contributed by atoms with Crippen LogP contribution in [0, 0.1) is 5.92 Å². The Morgan fingerprint density at radius 3 is 2.61 bits per heavy atom. The van der Waals surface area contributed by atoms with E-state index < -0.39 is 16.2 Å². The van der Waals surface area contributed by atoms with Crippen LogP contribution in [0.25, 0.3) is 0 Å². The zero-order chi connectivity index (χ0) is 25.3. The van der Waals surface area contributed by atoms with Crippen molar-refractivity contribution in [2.75, 3.05) is 32.0 Å². The molecule has 0 bridgehead atoms. The molecule has 0 radical (unpaired) electrons. The van der Waals surface area contributed by atoms with Gasteiger partial charge in [-0.25, -0.2) is 17.5 Å². The molecule has 1 saturated carbocycles. The van der Waals surface area contributed by atoms with Crippen molar-refractivity contribution in [2.45, 2.75) is 56.7 Å². The van der Waals surface area contributed by atoms with E-state index >= 15 is 0 Å². The Bertz CT molecular complexity index is 1190. The molecule has 0 spiro atoms. The van der Waals surface area contributed by atoms with E-state index in [1.807, 2.05) is 24.3 Å². The molecule has 5 rings (SSSR count). The quantitative estimate of drug-likeness (QED) is 0.400. The van der Waals surface area contributed by atoms with Crippen LogP contribution in [0.2, 0.25) is 10.0 Å². The smallest absolute Gasteiger partial charge is 0.211 e. The molecule has 9 heteroatoms. The minimum atomic E-state index is -3.24. The summed E-state index contributed by atoms with van der Waals surface area (Å²) in [4.78, 5) is 2.30. The lowest BCUT2D eigenvalue weighted by Crippen LogP contribution is -2.42. The van der Waals surface area contributed by atoms with Gasteiger partial charge in [-0.15, -0.1) is 0 Å². The first-order chi connectivity index (χ1) is 17.3. The summed E-state index contributed by atoms with van der Waals surface area (Å²) in [6.45, 7) is 1.76. The molecule has 3 unspecified atom stereocenters. The predicted octanol–water partition coefficient (Wildman–Crippen LogP) is 5.39. The summed E-state index contributed by atoms with van der Waals surface area (Å²) < 4.78 is 47.0. The Morgan fingerprint density at radius 1 is 1.06 bits per heavy atom. The molecule has 1 aliphatic heterocycles. The second-order valence-corrected chi connectivity index (χ2v) is 13.0. The monoisotopic (exact) mass is 554 g/mol. The van der Waals surface area contributed by atoms with E-state index in [1.165, 1.54) is 11.1 Å². The van der Waals surface area contributed by atoms with Crippen LogP contribution in [0.1, 0.15) is 48.3 Å². The van der Waals surface area contributed by atoms with E-state index in [1.54, 1.807) is 0 Å². The van der Waals surface area contributed by atoms with Gasteiger partial charge in [0.2, 0.25) is 10.0 Å². The van der Waals surface area contributed by atoms with Gasteiger partial charge in [0, 0.05) is 31.6 Å². The zero-order valence-corrected chi connectivity index (χ0v) is 22.6. The van der Waals surface area contributed by atoms with Crippen molar-refractivity contribution >= 4 is 33.2 Å². The Hall–Kier alpha value is -1.38. The van der Waals surface area contributed by atoms with Crippen LogP contribution in [-0.4, -0.2) is 57.5 Å². The average molecular weight is 556 g/mol. The molecular formula is C27H33Cl2FN2O3S. The molecule has 2 aromatic rings. The van der Waals surface area contributed by atoms with E-state index in [4.69, 9.17) is 27.9 Å². The Balaban J connectivity index is 1.32. The minimum absolute atomic E-state index is 0.164. The van der Waals surface area contributed by atoms with Crippen molar-refractivity contribution in [1.82, 2.24) is 9.62 Å². The summed E-state index contributed by atoms with van der Waals surface area (Å²) in [5.74, 6) is 1.41. The van der Waals surface area contributed by atoms with Crippen molar-refractivity contribution in [3.05, 3.63) is 63.1 Å². The van der Waals surface area contributed by atoms with Gasteiger partial charge in [0.05, 0.1) is 15.8 Å². The van der Waals surface area contributed by atoms with E-state index in [0.29, 0.717) is 28.9 Å². The first-order valence-corrected chi connectivity index (χ1v) is 15.2. The number of nitrogens with one attached hydrogen (secondary N) is 1. The molecule has 5 nitrogen and oxygen atoms in total. The fourth-order valence-electron chi connectivity index (χ4n) is 5.62. The number of hydrogen-bond donors (Lipinski definition) is 1. The Labute approximate surface area is 223 Å². The molecule has 2 aromatic carbocycles. The van der Waals surface area contributed by atoms with Gasteiger partial charge >= 0.3 is 0 Å². The highest BCUT2D eigenvalue weighted by Gasteiger charge is 2.37. The van der Waals surface area contributed by atoms with Gasteiger partial charge in [0.1, 0.15) is 18.5 Å². The van der Waals surface area contributed by atoms with Crippen LogP contribution in [-0.2, 0) is 22.9 Å². The second-order valence-electron chi connectivity index (χ2n) is 10.4. The maximum absolute atomic E-state index is 14.1. The molecule has 1 heterocycles. The van der Waals surface area contributed by atoms with E-state index in [9.17, 15) is 12.8 Å². The predicted molar refractivity (Wildman–Crippen MR) is 143 cm³/mol. The number of aryl methyl sites for hydroxylation is 1. The highest BCUT2D eigenvalue weighted by atomic mass is 35.5. The minimum Gasteiger partial charge on any atom is -0.492 e. The van der Waals surface area contributed by atoms with Crippen molar-refractivity contribution in [2.24, 2.45) is 5.92 Å². The van der Waals surface area contributed by atoms with Gasteiger partial charge in [-0.1, -0.05) is 35.3 Å². The molecular weight excluding hydrogens is 522 g/mol. The molecule has 2 fully saturated rings. The number of likely N-dealkylation sites (tertiary alicyclic amines) is 1. The number of halogens is 3. The summed E-state index contributed by atoms with van der Waals surface area (Å²) in [6.07, 6.45) is 4.51. The third-order valence-corrected chi connectivity index (χ3v) is 9.90. The van der Waals surface area contributed by atoms with Crippen LogP contribution in [0.5, 0.6) is 5.75 Å². The molecule has 196 valence electrons. The first-order valence-electron chi connectivity index (χ1n) is 12.8. The highest BCUT2D eigenvalue weighted by Crippen LogP contribution is 2.40. The summed E-state index contributed by atoms with van der Waals surface area (Å²) in [5, 5.41) is 1.07. The largest absolute Gasteiger partial charge is 0.492 e. The summed E-state index contributed by atoms with van der Waals surface area (Å²) in [6, 6.07) is 12.2. The number of sulfonamides is 1. The van der Waals surface area contributed by atoms with Crippen molar-refractivity contribution in [3.8, 4) is 5.75 Å². The molecule has 0 amide bonds. The standard InChI is InChI=1S/C27H33Cl2FN2O3S/c28-25-7-3-19(14-26(25)29)13-24-23-15-22(35-12-10-31-36(33,34)17-18-1-2-18)6-4-20(23)5-8-27(24)32-11-9-21(30)16-32/h3-4,6-7,14-15,18,21,24,27,31H,1-2,5,8-13,16-17H2. The van der Waals surface area contributed by atoms with Crippen LogP contribution in [0.3, 0.4) is 0 Å². The molecule has 1 N–H and O–H groups in total. The maximum atomic E-state index is 14.1. The van der Waals surface area contributed by atoms with Gasteiger partial charge in [0.25, 0.3) is 0 Å². The van der Waals surface area contributed by atoms with Gasteiger partial charge in [-0.05, 0) is 85.4 Å². The second kappa shape index (κ2) is 11.2.